The molecule has 6 nitrogen and oxygen atoms in total. The van der Waals surface area contributed by atoms with Gasteiger partial charge in [0.15, 0.2) is 5.69 Å². The smallest absolute Gasteiger partial charge is 0.356 e. The minimum absolute atomic E-state index is 0.00709. The van der Waals surface area contributed by atoms with Crippen molar-refractivity contribution in [2.45, 2.75) is 32.7 Å². The summed E-state index contributed by atoms with van der Waals surface area (Å²) in [5.74, 6) is -0.734. The fourth-order valence-corrected chi connectivity index (χ4v) is 2.84. The Morgan fingerprint density at radius 2 is 1.96 bits per heavy atom. The Morgan fingerprint density at radius 1 is 1.26 bits per heavy atom. The number of aromatic amines is 1. The van der Waals surface area contributed by atoms with Gasteiger partial charge in [0, 0.05) is 29.8 Å². The van der Waals surface area contributed by atoms with Gasteiger partial charge in [0.05, 0.1) is 6.54 Å². The quantitative estimate of drug-likeness (QED) is 0.911. The van der Waals surface area contributed by atoms with Gasteiger partial charge in [0.25, 0.3) is 5.91 Å². The molecule has 0 fully saturated rings. The number of hydrogen-bond acceptors (Lipinski definition) is 3. The molecule has 1 aromatic carbocycles. The lowest BCUT2D eigenvalue weighted by atomic mass is 10.0. The number of nitrogens with zero attached hydrogens (tertiary/aromatic N) is 2. The SMILES string of the molecule is CC(C)c1ccc(C(=O)N2CCc3[nH]nc(C(=O)O)c3C2)cc1. The molecule has 1 aromatic heterocycles. The number of carbonyl (C=O) groups excluding carboxylic acids is 1. The van der Waals surface area contributed by atoms with Crippen molar-refractivity contribution in [3.8, 4) is 0 Å². The third-order valence-corrected chi connectivity index (χ3v) is 4.25. The van der Waals surface area contributed by atoms with Crippen molar-refractivity contribution < 1.29 is 14.7 Å². The maximum atomic E-state index is 12.6. The van der Waals surface area contributed by atoms with Crippen molar-refractivity contribution in [2.24, 2.45) is 0 Å². The molecule has 120 valence electrons. The molecule has 6 heteroatoms. The Kier molecular flexibility index (Phi) is 3.90. The number of aromatic nitrogens is 2. The van der Waals surface area contributed by atoms with Gasteiger partial charge >= 0.3 is 5.97 Å². The van der Waals surface area contributed by atoms with Crippen molar-refractivity contribution in [1.82, 2.24) is 15.1 Å². The molecule has 0 unspecified atom stereocenters. The number of nitrogens with one attached hydrogen (secondary N) is 1. The van der Waals surface area contributed by atoms with Gasteiger partial charge < -0.3 is 10.0 Å². The number of fused-ring (bicyclic) bond motifs is 1. The third-order valence-electron chi connectivity index (χ3n) is 4.25. The molecular formula is C17H19N3O3. The lowest BCUT2D eigenvalue weighted by Crippen LogP contribution is -2.36. The summed E-state index contributed by atoms with van der Waals surface area (Å²) in [5, 5.41) is 15.8. The number of benzene rings is 1. The fraction of sp³-hybridized carbons (Fsp3) is 0.353. The number of hydrogen-bond donors (Lipinski definition) is 2. The topological polar surface area (TPSA) is 86.3 Å². The first kappa shape index (κ1) is 15.3. The summed E-state index contributed by atoms with van der Waals surface area (Å²) in [4.78, 5) is 25.5. The largest absolute Gasteiger partial charge is 0.476 e. The molecule has 1 amide bonds. The maximum Gasteiger partial charge on any atom is 0.356 e. The van der Waals surface area contributed by atoms with Crippen molar-refractivity contribution in [3.63, 3.8) is 0 Å². The van der Waals surface area contributed by atoms with Crippen LogP contribution in [0.2, 0.25) is 0 Å². The summed E-state index contributed by atoms with van der Waals surface area (Å²) in [6.45, 7) is 5.04. The third kappa shape index (κ3) is 2.84. The van der Waals surface area contributed by atoms with Crippen LogP contribution in [0.3, 0.4) is 0 Å². The second-order valence-corrected chi connectivity index (χ2v) is 6.09. The molecule has 0 radical (unpaired) electrons. The van der Waals surface area contributed by atoms with E-state index in [1.807, 2.05) is 24.3 Å². The first-order valence-electron chi connectivity index (χ1n) is 7.66. The fourth-order valence-electron chi connectivity index (χ4n) is 2.84. The van der Waals surface area contributed by atoms with Gasteiger partial charge in [-0.05, 0) is 23.6 Å². The molecule has 1 aliphatic rings. The predicted molar refractivity (Wildman–Crippen MR) is 84.5 cm³/mol. The lowest BCUT2D eigenvalue weighted by Gasteiger charge is -2.27. The summed E-state index contributed by atoms with van der Waals surface area (Å²) in [5.41, 5.74) is 3.23. The molecule has 0 saturated carbocycles. The van der Waals surface area contributed by atoms with E-state index in [9.17, 15) is 9.59 Å². The molecule has 2 N–H and O–H groups in total. The molecule has 1 aliphatic heterocycles. The Bertz CT molecular complexity index is 747. The van der Waals surface area contributed by atoms with Crippen LogP contribution in [0, 0.1) is 0 Å². The van der Waals surface area contributed by atoms with Crippen molar-refractivity contribution in [2.75, 3.05) is 6.54 Å². The van der Waals surface area contributed by atoms with Crippen molar-refractivity contribution in [1.29, 1.82) is 0 Å². The predicted octanol–water partition coefficient (Wildman–Crippen LogP) is 2.43. The van der Waals surface area contributed by atoms with Gasteiger partial charge in [-0.2, -0.15) is 5.10 Å². The van der Waals surface area contributed by atoms with Crippen LogP contribution in [0.15, 0.2) is 24.3 Å². The summed E-state index contributed by atoms with van der Waals surface area (Å²) in [6.07, 6.45) is 0.589. The molecule has 0 aliphatic carbocycles. The summed E-state index contributed by atoms with van der Waals surface area (Å²) in [7, 11) is 0. The highest BCUT2D eigenvalue weighted by atomic mass is 16.4. The van der Waals surface area contributed by atoms with E-state index in [0.717, 1.165) is 5.69 Å². The van der Waals surface area contributed by atoms with Crippen LogP contribution in [0.5, 0.6) is 0 Å². The van der Waals surface area contributed by atoms with Crippen LogP contribution in [0.25, 0.3) is 0 Å². The van der Waals surface area contributed by atoms with Crippen LogP contribution in [-0.4, -0.2) is 38.6 Å². The zero-order chi connectivity index (χ0) is 16.6. The Hall–Kier alpha value is -2.63. The van der Waals surface area contributed by atoms with E-state index in [2.05, 4.69) is 24.0 Å². The van der Waals surface area contributed by atoms with Gasteiger partial charge in [-0.15, -0.1) is 0 Å². The van der Waals surface area contributed by atoms with Gasteiger partial charge in [0.1, 0.15) is 0 Å². The average molecular weight is 313 g/mol. The average Bonchev–Trinajstić information content (AvgIpc) is 2.97. The number of carboxylic acid groups (broad SMARTS) is 1. The van der Waals surface area contributed by atoms with Gasteiger partial charge in [-0.1, -0.05) is 26.0 Å². The molecule has 23 heavy (non-hydrogen) atoms. The van der Waals surface area contributed by atoms with Crippen molar-refractivity contribution >= 4 is 11.9 Å². The number of aromatic carboxylic acids is 1. The number of rotatable bonds is 3. The van der Waals surface area contributed by atoms with E-state index in [1.165, 1.54) is 5.56 Å². The van der Waals surface area contributed by atoms with E-state index in [0.29, 0.717) is 30.0 Å². The normalized spacial score (nSPS) is 14.0. The van der Waals surface area contributed by atoms with E-state index in [1.54, 1.807) is 4.90 Å². The monoisotopic (exact) mass is 313 g/mol. The van der Waals surface area contributed by atoms with Gasteiger partial charge in [-0.25, -0.2) is 4.79 Å². The second-order valence-electron chi connectivity index (χ2n) is 6.09. The molecule has 0 spiro atoms. The molecule has 3 rings (SSSR count). The highest BCUT2D eigenvalue weighted by Gasteiger charge is 2.28. The minimum atomic E-state index is -1.07. The van der Waals surface area contributed by atoms with Gasteiger partial charge in [-0.3, -0.25) is 9.89 Å². The molecule has 0 atom stereocenters. The number of amides is 1. The highest BCUT2D eigenvalue weighted by Crippen LogP contribution is 2.22. The van der Waals surface area contributed by atoms with Crippen LogP contribution in [0.1, 0.15) is 57.4 Å². The van der Waals surface area contributed by atoms with Gasteiger partial charge in [0.2, 0.25) is 0 Å². The van der Waals surface area contributed by atoms with E-state index >= 15 is 0 Å². The molecule has 2 aromatic rings. The van der Waals surface area contributed by atoms with Crippen LogP contribution < -0.4 is 0 Å². The van der Waals surface area contributed by atoms with Crippen LogP contribution in [-0.2, 0) is 13.0 Å². The Morgan fingerprint density at radius 3 is 2.57 bits per heavy atom. The Balaban J connectivity index is 1.81. The first-order valence-corrected chi connectivity index (χ1v) is 7.66. The number of carboxylic acids is 1. The minimum Gasteiger partial charge on any atom is -0.476 e. The summed E-state index contributed by atoms with van der Waals surface area (Å²) in [6, 6.07) is 7.60. The second kappa shape index (κ2) is 5.87. The van der Waals surface area contributed by atoms with Crippen LogP contribution >= 0.6 is 0 Å². The first-order chi connectivity index (χ1) is 11.0. The Labute approximate surface area is 134 Å². The molecule has 2 heterocycles. The summed E-state index contributed by atoms with van der Waals surface area (Å²) < 4.78 is 0. The number of carbonyl (C=O) groups is 2. The highest BCUT2D eigenvalue weighted by molar-refractivity contribution is 5.95. The van der Waals surface area contributed by atoms with E-state index in [-0.39, 0.29) is 18.1 Å². The summed E-state index contributed by atoms with van der Waals surface area (Å²) >= 11 is 0. The van der Waals surface area contributed by atoms with Crippen molar-refractivity contribution in [3.05, 3.63) is 52.3 Å². The van der Waals surface area contributed by atoms with E-state index < -0.39 is 5.97 Å². The maximum absolute atomic E-state index is 12.6. The standard InChI is InChI=1S/C17H19N3O3/c1-10(2)11-3-5-12(6-4-11)16(21)20-8-7-14-13(9-20)15(17(22)23)19-18-14/h3-6,10H,7-9H2,1-2H3,(H,18,19)(H,22,23). The molecule has 0 bridgehead atoms. The molecule has 0 saturated heterocycles. The number of H-pyrrole nitrogens is 1. The molecular weight excluding hydrogens is 294 g/mol. The van der Waals surface area contributed by atoms with E-state index in [4.69, 9.17) is 5.11 Å². The lowest BCUT2D eigenvalue weighted by molar-refractivity contribution is 0.0674. The van der Waals surface area contributed by atoms with Crippen LogP contribution in [0.4, 0.5) is 0 Å². The zero-order valence-electron chi connectivity index (χ0n) is 13.2. The zero-order valence-corrected chi connectivity index (χ0v) is 13.2.